The van der Waals surface area contributed by atoms with E-state index in [1.54, 1.807) is 0 Å². The van der Waals surface area contributed by atoms with Gasteiger partial charge in [-0.15, -0.1) is 0 Å². The van der Waals surface area contributed by atoms with Crippen molar-refractivity contribution < 1.29 is 9.90 Å². The maximum absolute atomic E-state index is 11.8. The van der Waals surface area contributed by atoms with E-state index < -0.39 is 0 Å². The normalized spacial score (nSPS) is 50.1. The second-order valence-electron chi connectivity index (χ2n) is 8.50. The second kappa shape index (κ2) is 5.06. The third-order valence-corrected chi connectivity index (χ3v) is 7.54. The van der Waals surface area contributed by atoms with Crippen LogP contribution in [-0.2, 0) is 4.79 Å². The molecule has 0 aromatic heterocycles. The molecule has 0 saturated heterocycles. The Kier molecular flexibility index (Phi) is 3.38. The number of carbonyl (C=O) groups excluding carboxylic acids is 1. The molecule has 0 aromatic carbocycles. The van der Waals surface area contributed by atoms with E-state index in [4.69, 9.17) is 0 Å². The zero-order valence-electron chi connectivity index (χ0n) is 13.8. The summed E-state index contributed by atoms with van der Waals surface area (Å²) in [6.45, 7) is 5.08. The Morgan fingerprint density at radius 3 is 2.91 bits per heavy atom. The molecule has 0 unspecified atom stereocenters. The van der Waals surface area contributed by atoms with E-state index in [2.05, 4.69) is 26.0 Å². The number of allylic oxidation sites excluding steroid dienone is 3. The number of aliphatic hydroxyl groups is 1. The molecule has 7 atom stereocenters. The molecule has 2 nitrogen and oxygen atoms in total. The number of hydrogen-bond donors (Lipinski definition) is 1. The van der Waals surface area contributed by atoms with Crippen LogP contribution in [0.4, 0.5) is 0 Å². The van der Waals surface area contributed by atoms with Gasteiger partial charge in [0.1, 0.15) is 0 Å². The number of carbonyl (C=O) groups is 1. The van der Waals surface area contributed by atoms with Crippen molar-refractivity contribution >= 4 is 5.78 Å². The minimum absolute atomic E-state index is 0.260. The van der Waals surface area contributed by atoms with Crippen molar-refractivity contribution in [3.63, 3.8) is 0 Å². The van der Waals surface area contributed by atoms with Crippen molar-refractivity contribution in [1.82, 2.24) is 0 Å². The van der Waals surface area contributed by atoms with Crippen LogP contribution >= 0.6 is 0 Å². The first-order valence-corrected chi connectivity index (χ1v) is 9.07. The van der Waals surface area contributed by atoms with E-state index in [-0.39, 0.29) is 5.41 Å². The molecule has 4 aliphatic carbocycles. The predicted octanol–water partition coefficient (Wildman–Crippen LogP) is 3.76. The Balaban J connectivity index is 1.68. The van der Waals surface area contributed by atoms with Crippen LogP contribution in [0, 0.1) is 40.9 Å². The first kappa shape index (κ1) is 14.7. The molecule has 0 radical (unpaired) electrons. The lowest BCUT2D eigenvalue weighted by molar-refractivity contribution is -0.116. The molecule has 22 heavy (non-hydrogen) atoms. The van der Waals surface area contributed by atoms with Crippen molar-refractivity contribution in [1.29, 1.82) is 0 Å². The lowest BCUT2D eigenvalue weighted by Gasteiger charge is -2.56. The average Bonchev–Trinajstić information content (AvgIpc) is 2.83. The molecule has 0 aromatic rings. The SMILES string of the molecule is C[C@@H]1CC2=CC(=O)CC[C@@H]2[C@H]2CC[C@@]3(C)[C@H](C=C[C@H]3CO)[C@@H]21. The summed E-state index contributed by atoms with van der Waals surface area (Å²) in [5.74, 6) is 4.12. The first-order valence-electron chi connectivity index (χ1n) is 9.07. The van der Waals surface area contributed by atoms with Crippen molar-refractivity contribution in [2.45, 2.75) is 46.0 Å². The summed E-state index contributed by atoms with van der Waals surface area (Å²) in [7, 11) is 0. The summed E-state index contributed by atoms with van der Waals surface area (Å²) in [5, 5.41) is 9.75. The van der Waals surface area contributed by atoms with Crippen molar-refractivity contribution in [3.8, 4) is 0 Å². The molecule has 4 aliphatic rings. The Bertz CT molecular complexity index is 546. The number of hydrogen-bond acceptors (Lipinski definition) is 2. The summed E-state index contributed by atoms with van der Waals surface area (Å²) in [6.07, 6.45) is 12.1. The fraction of sp³-hybridized carbons (Fsp3) is 0.750. The molecule has 2 heteroatoms. The first-order chi connectivity index (χ1) is 10.5. The summed E-state index contributed by atoms with van der Waals surface area (Å²) in [5.41, 5.74) is 1.71. The van der Waals surface area contributed by atoms with Gasteiger partial charge in [0.2, 0.25) is 0 Å². The van der Waals surface area contributed by atoms with Gasteiger partial charge >= 0.3 is 0 Å². The minimum Gasteiger partial charge on any atom is -0.396 e. The minimum atomic E-state index is 0.260. The number of ketones is 1. The van der Waals surface area contributed by atoms with Gasteiger partial charge in [-0.25, -0.2) is 0 Å². The summed E-state index contributed by atoms with van der Waals surface area (Å²) >= 11 is 0. The van der Waals surface area contributed by atoms with Gasteiger partial charge in [-0.3, -0.25) is 4.79 Å². The highest BCUT2D eigenvalue weighted by Gasteiger charge is 2.55. The molecule has 0 aliphatic heterocycles. The van der Waals surface area contributed by atoms with E-state index in [1.165, 1.54) is 18.4 Å². The zero-order valence-corrected chi connectivity index (χ0v) is 13.8. The Hall–Kier alpha value is -0.890. The van der Waals surface area contributed by atoms with Crippen LogP contribution in [0.1, 0.15) is 46.0 Å². The van der Waals surface area contributed by atoms with Gasteiger partial charge in [0.05, 0.1) is 0 Å². The number of rotatable bonds is 1. The molecule has 2 saturated carbocycles. The van der Waals surface area contributed by atoms with Crippen LogP contribution in [0.3, 0.4) is 0 Å². The van der Waals surface area contributed by atoms with Crippen LogP contribution < -0.4 is 0 Å². The maximum Gasteiger partial charge on any atom is 0.155 e. The molecule has 1 N–H and O–H groups in total. The Morgan fingerprint density at radius 1 is 1.32 bits per heavy atom. The standard InChI is InChI=1S/C20H28O2/c1-12-9-13-10-15(22)4-5-16(13)17-7-8-20(2)14(11-21)3-6-18(20)19(12)17/h3,6,10,12,14,16-19,21H,4-5,7-9,11H2,1-2H3/t12-,14+,16+,17-,18-,19-,20-/m1/s1. The predicted molar refractivity (Wildman–Crippen MR) is 87.1 cm³/mol. The molecule has 0 heterocycles. The molecule has 0 amide bonds. The summed E-state index contributed by atoms with van der Waals surface area (Å²) in [4.78, 5) is 11.8. The Labute approximate surface area is 133 Å². The summed E-state index contributed by atoms with van der Waals surface area (Å²) < 4.78 is 0. The van der Waals surface area contributed by atoms with E-state index in [1.807, 2.05) is 6.08 Å². The van der Waals surface area contributed by atoms with Crippen LogP contribution in [-0.4, -0.2) is 17.5 Å². The van der Waals surface area contributed by atoms with Crippen molar-refractivity contribution in [2.24, 2.45) is 40.9 Å². The Morgan fingerprint density at radius 2 is 2.14 bits per heavy atom. The number of aliphatic hydroxyl groups excluding tert-OH is 1. The van der Waals surface area contributed by atoms with E-state index in [9.17, 15) is 9.90 Å². The van der Waals surface area contributed by atoms with Crippen LogP contribution in [0.25, 0.3) is 0 Å². The monoisotopic (exact) mass is 300 g/mol. The van der Waals surface area contributed by atoms with Gasteiger partial charge < -0.3 is 5.11 Å². The van der Waals surface area contributed by atoms with Gasteiger partial charge in [-0.05, 0) is 66.8 Å². The summed E-state index contributed by atoms with van der Waals surface area (Å²) in [6, 6.07) is 0. The average molecular weight is 300 g/mol. The molecule has 4 rings (SSSR count). The molecular formula is C20H28O2. The quantitative estimate of drug-likeness (QED) is 0.749. The van der Waals surface area contributed by atoms with Gasteiger partial charge in [-0.1, -0.05) is 31.6 Å². The topological polar surface area (TPSA) is 37.3 Å². The molecule has 0 spiro atoms. The highest BCUT2D eigenvalue weighted by Crippen LogP contribution is 2.62. The van der Waals surface area contributed by atoms with Crippen LogP contribution in [0.5, 0.6) is 0 Å². The maximum atomic E-state index is 11.8. The fourth-order valence-corrected chi connectivity index (χ4v) is 6.39. The largest absolute Gasteiger partial charge is 0.396 e. The highest BCUT2D eigenvalue weighted by atomic mass is 16.3. The molecule has 0 bridgehead atoms. The van der Waals surface area contributed by atoms with E-state index in [0.29, 0.717) is 36.1 Å². The van der Waals surface area contributed by atoms with Crippen molar-refractivity contribution in [3.05, 3.63) is 23.8 Å². The van der Waals surface area contributed by atoms with Crippen molar-refractivity contribution in [2.75, 3.05) is 6.61 Å². The lowest BCUT2D eigenvalue weighted by atomic mass is 9.49. The van der Waals surface area contributed by atoms with Gasteiger partial charge in [0.25, 0.3) is 0 Å². The smallest absolute Gasteiger partial charge is 0.155 e. The van der Waals surface area contributed by atoms with Gasteiger partial charge in [0.15, 0.2) is 5.78 Å². The van der Waals surface area contributed by atoms with Gasteiger partial charge in [-0.2, -0.15) is 0 Å². The number of fused-ring (bicyclic) bond motifs is 5. The highest BCUT2D eigenvalue weighted by molar-refractivity contribution is 5.91. The third kappa shape index (κ3) is 1.92. The zero-order chi connectivity index (χ0) is 15.5. The fourth-order valence-electron chi connectivity index (χ4n) is 6.39. The van der Waals surface area contributed by atoms with Crippen LogP contribution in [0.15, 0.2) is 23.8 Å². The molecule has 2 fully saturated rings. The third-order valence-electron chi connectivity index (χ3n) is 7.54. The van der Waals surface area contributed by atoms with E-state index in [0.717, 1.165) is 31.1 Å². The molecule has 120 valence electrons. The molecular weight excluding hydrogens is 272 g/mol. The van der Waals surface area contributed by atoms with Crippen LogP contribution in [0.2, 0.25) is 0 Å². The van der Waals surface area contributed by atoms with Gasteiger partial charge in [0, 0.05) is 18.9 Å². The van der Waals surface area contributed by atoms with E-state index >= 15 is 0 Å². The lowest BCUT2D eigenvalue weighted by Crippen LogP contribution is -2.49. The second-order valence-corrected chi connectivity index (χ2v) is 8.50.